The Morgan fingerprint density at radius 2 is 1.94 bits per heavy atom. The summed E-state index contributed by atoms with van der Waals surface area (Å²) in [6, 6.07) is 0. The number of aryl methyl sites for hydroxylation is 1. The number of nitrogens with zero attached hydrogens (tertiary/aromatic N) is 2. The van der Waals surface area contributed by atoms with Gasteiger partial charge in [0.25, 0.3) is 5.91 Å². The van der Waals surface area contributed by atoms with Crippen LogP contribution >= 0.6 is 0 Å². The largest absolute Gasteiger partial charge is 0.354 e. The number of nitrogens with one attached hydrogen (secondary N) is 3. The Morgan fingerprint density at radius 3 is 2.47 bits per heavy atom. The quantitative estimate of drug-likeness (QED) is 0.609. The molecule has 7 heteroatoms. The number of H-pyrrole nitrogens is 1. The first kappa shape index (κ1) is 13.1. The molecule has 0 saturated carbocycles. The molecule has 0 saturated heterocycles. The van der Waals surface area contributed by atoms with Gasteiger partial charge in [0.15, 0.2) is 0 Å². The predicted octanol–water partition coefficient (Wildman–Crippen LogP) is -0.385. The van der Waals surface area contributed by atoms with Crippen molar-refractivity contribution in [1.29, 1.82) is 0 Å². The van der Waals surface area contributed by atoms with Crippen molar-refractivity contribution in [2.24, 2.45) is 5.92 Å². The third-order valence-electron chi connectivity index (χ3n) is 2.03. The van der Waals surface area contributed by atoms with Gasteiger partial charge in [0.05, 0.1) is 0 Å². The van der Waals surface area contributed by atoms with Gasteiger partial charge in [0, 0.05) is 19.0 Å². The normalized spacial score (nSPS) is 10.4. The number of carbonyl (C=O) groups excluding carboxylic acids is 2. The van der Waals surface area contributed by atoms with Gasteiger partial charge < -0.3 is 10.6 Å². The van der Waals surface area contributed by atoms with Gasteiger partial charge in [-0.1, -0.05) is 13.8 Å². The summed E-state index contributed by atoms with van der Waals surface area (Å²) in [7, 11) is 0. The second-order valence-corrected chi connectivity index (χ2v) is 3.95. The maximum Gasteiger partial charge on any atom is 0.291 e. The van der Waals surface area contributed by atoms with E-state index in [4.69, 9.17) is 0 Å². The van der Waals surface area contributed by atoms with E-state index in [0.29, 0.717) is 18.9 Å². The minimum atomic E-state index is -0.354. The van der Waals surface area contributed by atoms with Crippen LogP contribution in [-0.4, -0.2) is 40.1 Å². The van der Waals surface area contributed by atoms with Crippen molar-refractivity contribution in [3.63, 3.8) is 0 Å². The molecule has 1 aromatic rings. The number of rotatable bonds is 5. The molecular weight excluding hydrogens is 222 g/mol. The summed E-state index contributed by atoms with van der Waals surface area (Å²) in [6.45, 7) is 6.08. The molecule has 94 valence electrons. The standard InChI is InChI=1S/C10H17N5O2/c1-6(2)9(16)11-4-5-12-10(17)8-13-7(3)14-15-8/h6H,4-5H2,1-3H3,(H,11,16)(H,12,17)(H,13,14,15). The van der Waals surface area contributed by atoms with Gasteiger partial charge in [-0.05, 0) is 6.92 Å². The summed E-state index contributed by atoms with van der Waals surface area (Å²) < 4.78 is 0. The van der Waals surface area contributed by atoms with Crippen molar-refractivity contribution in [3.8, 4) is 0 Å². The van der Waals surface area contributed by atoms with Gasteiger partial charge in [-0.2, -0.15) is 0 Å². The summed E-state index contributed by atoms with van der Waals surface area (Å²) in [5, 5.41) is 11.6. The number of amides is 2. The second-order valence-electron chi connectivity index (χ2n) is 3.95. The van der Waals surface area contributed by atoms with E-state index in [1.807, 2.05) is 13.8 Å². The molecule has 0 aliphatic carbocycles. The Hall–Kier alpha value is -1.92. The van der Waals surface area contributed by atoms with Crippen LogP contribution in [0.1, 0.15) is 30.3 Å². The van der Waals surface area contributed by atoms with E-state index in [2.05, 4.69) is 25.8 Å². The zero-order valence-electron chi connectivity index (χ0n) is 10.2. The lowest BCUT2D eigenvalue weighted by atomic mass is 10.2. The number of aromatic nitrogens is 3. The zero-order chi connectivity index (χ0) is 12.8. The highest BCUT2D eigenvalue weighted by molar-refractivity contribution is 5.90. The molecule has 0 aliphatic heterocycles. The minimum absolute atomic E-state index is 0.0343. The topological polar surface area (TPSA) is 99.8 Å². The minimum Gasteiger partial charge on any atom is -0.354 e. The fourth-order valence-electron chi connectivity index (χ4n) is 1.09. The molecule has 7 nitrogen and oxygen atoms in total. The second kappa shape index (κ2) is 5.97. The fourth-order valence-corrected chi connectivity index (χ4v) is 1.09. The van der Waals surface area contributed by atoms with E-state index in [1.165, 1.54) is 0 Å². The maximum absolute atomic E-state index is 11.5. The molecule has 2 amide bonds. The van der Waals surface area contributed by atoms with E-state index in [1.54, 1.807) is 6.92 Å². The van der Waals surface area contributed by atoms with Crippen molar-refractivity contribution in [2.75, 3.05) is 13.1 Å². The van der Waals surface area contributed by atoms with Crippen molar-refractivity contribution in [1.82, 2.24) is 25.8 Å². The Bertz CT molecular complexity index is 399. The first-order valence-electron chi connectivity index (χ1n) is 5.45. The average Bonchev–Trinajstić information content (AvgIpc) is 2.70. The van der Waals surface area contributed by atoms with Crippen LogP contribution in [-0.2, 0) is 4.79 Å². The van der Waals surface area contributed by atoms with Crippen LogP contribution in [0.15, 0.2) is 0 Å². The molecule has 0 unspecified atom stereocenters. The maximum atomic E-state index is 11.5. The molecule has 1 rings (SSSR count). The third kappa shape index (κ3) is 4.21. The Balaban J connectivity index is 2.23. The van der Waals surface area contributed by atoms with Crippen LogP contribution in [0.25, 0.3) is 0 Å². The molecule has 0 aromatic carbocycles. The predicted molar refractivity (Wildman–Crippen MR) is 61.3 cm³/mol. The monoisotopic (exact) mass is 239 g/mol. The van der Waals surface area contributed by atoms with Gasteiger partial charge in [0.2, 0.25) is 11.7 Å². The molecular formula is C10H17N5O2. The van der Waals surface area contributed by atoms with E-state index in [-0.39, 0.29) is 23.6 Å². The molecule has 0 bridgehead atoms. The van der Waals surface area contributed by atoms with Crippen molar-refractivity contribution in [2.45, 2.75) is 20.8 Å². The average molecular weight is 239 g/mol. The highest BCUT2D eigenvalue weighted by Crippen LogP contribution is 1.90. The van der Waals surface area contributed by atoms with Crippen molar-refractivity contribution in [3.05, 3.63) is 11.6 Å². The Labute approximate surface area is 99.4 Å². The molecule has 3 N–H and O–H groups in total. The van der Waals surface area contributed by atoms with Crippen LogP contribution in [0.3, 0.4) is 0 Å². The summed E-state index contributed by atoms with van der Waals surface area (Å²) in [5.74, 6) is 0.253. The van der Waals surface area contributed by atoms with Gasteiger partial charge in [-0.25, -0.2) is 4.98 Å². The smallest absolute Gasteiger partial charge is 0.291 e. The summed E-state index contributed by atoms with van der Waals surface area (Å²) in [5.41, 5.74) is 0. The summed E-state index contributed by atoms with van der Waals surface area (Å²) in [4.78, 5) is 26.6. The molecule has 0 atom stereocenters. The summed E-state index contributed by atoms with van der Waals surface area (Å²) in [6.07, 6.45) is 0. The number of carbonyl (C=O) groups is 2. The molecule has 0 fully saturated rings. The third-order valence-corrected chi connectivity index (χ3v) is 2.03. The molecule has 1 aromatic heterocycles. The van der Waals surface area contributed by atoms with Gasteiger partial charge in [0.1, 0.15) is 5.82 Å². The van der Waals surface area contributed by atoms with Crippen LogP contribution in [0.5, 0.6) is 0 Å². The summed E-state index contributed by atoms with van der Waals surface area (Å²) >= 11 is 0. The van der Waals surface area contributed by atoms with E-state index >= 15 is 0 Å². The Kier molecular flexibility index (Phi) is 4.62. The van der Waals surface area contributed by atoms with E-state index < -0.39 is 0 Å². The highest BCUT2D eigenvalue weighted by Gasteiger charge is 2.10. The number of hydrogen-bond donors (Lipinski definition) is 3. The lowest BCUT2D eigenvalue weighted by Crippen LogP contribution is -2.36. The van der Waals surface area contributed by atoms with E-state index in [9.17, 15) is 9.59 Å². The lowest BCUT2D eigenvalue weighted by molar-refractivity contribution is -0.123. The zero-order valence-corrected chi connectivity index (χ0v) is 10.2. The first-order chi connectivity index (χ1) is 8.00. The van der Waals surface area contributed by atoms with Crippen LogP contribution < -0.4 is 10.6 Å². The van der Waals surface area contributed by atoms with Crippen molar-refractivity contribution >= 4 is 11.8 Å². The SMILES string of the molecule is Cc1nc(C(=O)NCCNC(=O)C(C)C)n[nH]1. The van der Waals surface area contributed by atoms with Crippen LogP contribution in [0, 0.1) is 12.8 Å². The van der Waals surface area contributed by atoms with E-state index in [0.717, 1.165) is 0 Å². The van der Waals surface area contributed by atoms with Crippen LogP contribution in [0.4, 0.5) is 0 Å². The molecule has 17 heavy (non-hydrogen) atoms. The first-order valence-corrected chi connectivity index (χ1v) is 5.45. The van der Waals surface area contributed by atoms with Gasteiger partial charge in [-0.3, -0.25) is 14.7 Å². The fraction of sp³-hybridized carbons (Fsp3) is 0.600. The number of aromatic amines is 1. The number of hydrogen-bond acceptors (Lipinski definition) is 4. The van der Waals surface area contributed by atoms with Crippen LogP contribution in [0.2, 0.25) is 0 Å². The lowest BCUT2D eigenvalue weighted by Gasteiger charge is -2.07. The molecule has 1 heterocycles. The van der Waals surface area contributed by atoms with Gasteiger partial charge in [-0.15, -0.1) is 5.10 Å². The molecule has 0 radical (unpaired) electrons. The van der Waals surface area contributed by atoms with Crippen molar-refractivity contribution < 1.29 is 9.59 Å². The van der Waals surface area contributed by atoms with Gasteiger partial charge >= 0.3 is 0 Å². The highest BCUT2D eigenvalue weighted by atomic mass is 16.2. The Morgan fingerprint density at radius 1 is 1.29 bits per heavy atom. The molecule has 0 aliphatic rings. The molecule has 0 spiro atoms.